The van der Waals surface area contributed by atoms with E-state index in [-0.39, 0.29) is 39.0 Å². The maximum absolute atomic E-state index is 11.5. The van der Waals surface area contributed by atoms with Gasteiger partial charge in [-0.25, -0.2) is 14.4 Å². The van der Waals surface area contributed by atoms with Gasteiger partial charge in [0.15, 0.2) is 0 Å². The molecule has 0 aromatic rings. The molecular formula is C16H28O11. The average Bonchev–Trinajstić information content (AvgIpc) is 2.62. The molecule has 0 radical (unpaired) electrons. The second-order valence-electron chi connectivity index (χ2n) is 5.94. The molecule has 0 saturated heterocycles. The number of aliphatic hydroxyl groups excluding tert-OH is 2. The molecule has 11 heteroatoms. The first-order valence-corrected chi connectivity index (χ1v) is 8.39. The van der Waals surface area contributed by atoms with Crippen LogP contribution in [-0.2, 0) is 28.4 Å². The van der Waals surface area contributed by atoms with Crippen molar-refractivity contribution in [3.05, 3.63) is 0 Å². The molecule has 0 fully saturated rings. The fourth-order valence-electron chi connectivity index (χ4n) is 1.33. The van der Waals surface area contributed by atoms with E-state index in [9.17, 15) is 14.4 Å². The summed E-state index contributed by atoms with van der Waals surface area (Å²) < 4.78 is 28.6. The van der Waals surface area contributed by atoms with Gasteiger partial charge >= 0.3 is 18.5 Å². The first-order chi connectivity index (χ1) is 12.7. The van der Waals surface area contributed by atoms with Gasteiger partial charge < -0.3 is 38.6 Å². The first kappa shape index (κ1) is 24.7. The highest BCUT2D eigenvalue weighted by Crippen LogP contribution is 2.02. The van der Waals surface area contributed by atoms with Crippen molar-refractivity contribution >= 4 is 18.5 Å². The number of rotatable bonds is 11. The molecule has 4 unspecified atom stereocenters. The standard InChI is InChI=1S/C16H28O11/c1-10(5-17)7-22-14(19)26-12(3)9-24-16(21)27-13(4)8-23-15(20)25-11(2)6-18/h10-13,17-18H,5-9H2,1-4H3. The van der Waals surface area contributed by atoms with Crippen LogP contribution in [0.15, 0.2) is 0 Å². The summed E-state index contributed by atoms with van der Waals surface area (Å²) in [6.45, 7) is 5.10. The van der Waals surface area contributed by atoms with E-state index in [1.54, 1.807) is 6.92 Å². The summed E-state index contributed by atoms with van der Waals surface area (Å²) in [7, 11) is 0. The Kier molecular flexibility index (Phi) is 12.7. The van der Waals surface area contributed by atoms with E-state index in [2.05, 4.69) is 4.74 Å². The Morgan fingerprint density at radius 1 is 0.630 bits per heavy atom. The van der Waals surface area contributed by atoms with Gasteiger partial charge in [0, 0.05) is 12.5 Å². The van der Waals surface area contributed by atoms with Crippen LogP contribution in [-0.4, -0.2) is 80.0 Å². The average molecular weight is 396 g/mol. The van der Waals surface area contributed by atoms with Crippen molar-refractivity contribution in [1.29, 1.82) is 0 Å². The maximum Gasteiger partial charge on any atom is 0.508 e. The van der Waals surface area contributed by atoms with Gasteiger partial charge in [0.1, 0.15) is 31.5 Å². The Labute approximate surface area is 157 Å². The predicted octanol–water partition coefficient (Wildman–Crippen LogP) is 1.23. The number of hydrogen-bond donors (Lipinski definition) is 2. The Morgan fingerprint density at radius 3 is 1.37 bits per heavy atom. The molecule has 0 aromatic carbocycles. The highest BCUT2D eigenvalue weighted by molar-refractivity contribution is 5.61. The third-order valence-electron chi connectivity index (χ3n) is 2.82. The quantitative estimate of drug-likeness (QED) is 0.384. The van der Waals surface area contributed by atoms with Crippen LogP contribution in [0.5, 0.6) is 0 Å². The lowest BCUT2D eigenvalue weighted by Gasteiger charge is -2.17. The largest absolute Gasteiger partial charge is 0.508 e. The van der Waals surface area contributed by atoms with E-state index in [0.717, 1.165) is 0 Å². The van der Waals surface area contributed by atoms with Crippen LogP contribution in [0.3, 0.4) is 0 Å². The highest BCUT2D eigenvalue weighted by Gasteiger charge is 2.18. The molecule has 0 aromatic heterocycles. The maximum atomic E-state index is 11.5. The fourth-order valence-corrected chi connectivity index (χ4v) is 1.33. The molecule has 0 rings (SSSR count). The zero-order valence-electron chi connectivity index (χ0n) is 15.9. The minimum Gasteiger partial charge on any atom is -0.434 e. The predicted molar refractivity (Wildman–Crippen MR) is 89.0 cm³/mol. The number of carbonyl (C=O) groups excluding carboxylic acids is 3. The molecule has 0 aliphatic carbocycles. The zero-order chi connectivity index (χ0) is 20.8. The summed E-state index contributed by atoms with van der Waals surface area (Å²) in [6, 6.07) is 0. The van der Waals surface area contributed by atoms with E-state index in [0.29, 0.717) is 0 Å². The molecule has 0 aliphatic rings. The number of ether oxygens (including phenoxy) is 6. The highest BCUT2D eigenvalue weighted by atomic mass is 16.8. The van der Waals surface area contributed by atoms with Gasteiger partial charge in [-0.1, -0.05) is 6.92 Å². The second kappa shape index (κ2) is 13.9. The SMILES string of the molecule is CC(CO)COC(=O)OC(C)COC(=O)OC(C)COC(=O)OC(C)CO. The summed E-state index contributed by atoms with van der Waals surface area (Å²) in [4.78, 5) is 34.1. The van der Waals surface area contributed by atoms with Crippen LogP contribution < -0.4 is 0 Å². The summed E-state index contributed by atoms with van der Waals surface area (Å²) in [6.07, 6.45) is -5.29. The molecular weight excluding hydrogens is 368 g/mol. The van der Waals surface area contributed by atoms with Crippen molar-refractivity contribution in [2.24, 2.45) is 5.92 Å². The number of aliphatic hydroxyl groups is 2. The third kappa shape index (κ3) is 13.6. The molecule has 11 nitrogen and oxygen atoms in total. The van der Waals surface area contributed by atoms with Crippen molar-refractivity contribution in [2.45, 2.75) is 46.0 Å². The van der Waals surface area contributed by atoms with Gasteiger partial charge in [0.05, 0.1) is 13.2 Å². The molecule has 0 amide bonds. The molecule has 0 heterocycles. The van der Waals surface area contributed by atoms with Crippen LogP contribution in [0.4, 0.5) is 14.4 Å². The van der Waals surface area contributed by atoms with E-state index < -0.39 is 36.8 Å². The van der Waals surface area contributed by atoms with E-state index in [1.807, 2.05) is 0 Å². The Hall–Kier alpha value is -2.27. The molecule has 0 aliphatic heterocycles. The van der Waals surface area contributed by atoms with Gasteiger partial charge in [-0.05, 0) is 20.8 Å². The van der Waals surface area contributed by atoms with Crippen LogP contribution in [0.2, 0.25) is 0 Å². The van der Waals surface area contributed by atoms with E-state index >= 15 is 0 Å². The normalized spacial score (nSPS) is 14.9. The smallest absolute Gasteiger partial charge is 0.434 e. The molecule has 0 saturated carbocycles. The van der Waals surface area contributed by atoms with Gasteiger partial charge in [-0.3, -0.25) is 0 Å². The molecule has 158 valence electrons. The van der Waals surface area contributed by atoms with Crippen LogP contribution in [0.1, 0.15) is 27.7 Å². The van der Waals surface area contributed by atoms with Gasteiger partial charge in [-0.2, -0.15) is 0 Å². The topological polar surface area (TPSA) is 147 Å². The van der Waals surface area contributed by atoms with Crippen molar-refractivity contribution < 1.29 is 53.0 Å². The minimum atomic E-state index is -1.04. The molecule has 2 N–H and O–H groups in total. The van der Waals surface area contributed by atoms with Crippen LogP contribution in [0, 0.1) is 5.92 Å². The van der Waals surface area contributed by atoms with Crippen LogP contribution >= 0.6 is 0 Å². The Balaban J connectivity index is 3.93. The van der Waals surface area contributed by atoms with Crippen molar-refractivity contribution in [1.82, 2.24) is 0 Å². The lowest BCUT2D eigenvalue weighted by Crippen LogP contribution is -2.28. The minimum absolute atomic E-state index is 0.00197. The molecule has 27 heavy (non-hydrogen) atoms. The number of carbonyl (C=O) groups is 3. The van der Waals surface area contributed by atoms with Crippen molar-refractivity contribution in [3.8, 4) is 0 Å². The van der Waals surface area contributed by atoms with E-state index in [4.69, 9.17) is 33.9 Å². The number of hydrogen-bond acceptors (Lipinski definition) is 11. The first-order valence-electron chi connectivity index (χ1n) is 8.39. The summed E-state index contributed by atoms with van der Waals surface area (Å²) >= 11 is 0. The summed E-state index contributed by atoms with van der Waals surface area (Å²) in [5, 5.41) is 17.6. The molecule has 0 bridgehead atoms. The summed E-state index contributed by atoms with van der Waals surface area (Å²) in [5.74, 6) is -0.216. The van der Waals surface area contributed by atoms with Crippen LogP contribution in [0.25, 0.3) is 0 Å². The monoisotopic (exact) mass is 396 g/mol. The van der Waals surface area contributed by atoms with E-state index in [1.165, 1.54) is 20.8 Å². The van der Waals surface area contributed by atoms with Crippen molar-refractivity contribution in [3.63, 3.8) is 0 Å². The zero-order valence-corrected chi connectivity index (χ0v) is 15.9. The Morgan fingerprint density at radius 2 is 1.00 bits per heavy atom. The Bertz CT molecular complexity index is 454. The van der Waals surface area contributed by atoms with Gasteiger partial charge in [0.25, 0.3) is 0 Å². The fraction of sp³-hybridized carbons (Fsp3) is 0.812. The van der Waals surface area contributed by atoms with Crippen molar-refractivity contribution in [2.75, 3.05) is 33.0 Å². The second-order valence-corrected chi connectivity index (χ2v) is 5.94. The van der Waals surface area contributed by atoms with Gasteiger partial charge in [-0.15, -0.1) is 0 Å². The lowest BCUT2D eigenvalue weighted by atomic mass is 10.2. The lowest BCUT2D eigenvalue weighted by molar-refractivity contribution is -0.0385. The summed E-state index contributed by atoms with van der Waals surface area (Å²) in [5.41, 5.74) is 0. The molecule has 4 atom stereocenters. The van der Waals surface area contributed by atoms with Gasteiger partial charge in [0.2, 0.25) is 0 Å². The molecule has 0 spiro atoms. The third-order valence-corrected chi connectivity index (χ3v) is 2.82.